The monoisotopic (exact) mass is 242 g/mol. The molecule has 2 unspecified atom stereocenters. The highest BCUT2D eigenvalue weighted by Crippen LogP contribution is 2.14. The number of esters is 1. The lowest BCUT2D eigenvalue weighted by Crippen LogP contribution is -2.43. The lowest BCUT2D eigenvalue weighted by Gasteiger charge is -2.15. The van der Waals surface area contributed by atoms with Crippen LogP contribution in [-0.4, -0.2) is 37.6 Å². The van der Waals surface area contributed by atoms with Crippen LogP contribution in [0.25, 0.3) is 0 Å². The lowest BCUT2D eigenvalue weighted by atomic mass is 10.0. The molecule has 5 heteroatoms. The Labute approximate surface area is 102 Å². The molecule has 98 valence electrons. The lowest BCUT2D eigenvalue weighted by molar-refractivity contribution is -0.143. The van der Waals surface area contributed by atoms with E-state index in [0.717, 1.165) is 13.0 Å². The van der Waals surface area contributed by atoms with E-state index in [1.54, 1.807) is 6.92 Å². The largest absolute Gasteiger partial charge is 0.466 e. The number of ether oxygens (including phenoxy) is 1. The molecule has 1 heterocycles. The van der Waals surface area contributed by atoms with Gasteiger partial charge < -0.3 is 15.4 Å². The van der Waals surface area contributed by atoms with Gasteiger partial charge in [0.05, 0.1) is 12.6 Å². The summed E-state index contributed by atoms with van der Waals surface area (Å²) in [5.41, 5.74) is 0. The highest BCUT2D eigenvalue weighted by atomic mass is 16.5. The summed E-state index contributed by atoms with van der Waals surface area (Å²) in [6.45, 7) is 5.70. The standard InChI is InChI=1S/C12H22N2O3/c1-3-17-10(15)5-4-7-14-12(16)11-9(2)6-8-13-11/h9,11,13H,3-8H2,1-2H3,(H,14,16). The Hall–Kier alpha value is -1.10. The summed E-state index contributed by atoms with van der Waals surface area (Å²) in [4.78, 5) is 22.8. The number of nitrogens with one attached hydrogen (secondary N) is 2. The van der Waals surface area contributed by atoms with E-state index in [1.807, 2.05) is 0 Å². The number of carbonyl (C=O) groups is 2. The van der Waals surface area contributed by atoms with E-state index in [2.05, 4.69) is 17.6 Å². The molecule has 1 amide bonds. The Kier molecular flexibility index (Phi) is 5.97. The third-order valence-electron chi connectivity index (χ3n) is 2.98. The quantitative estimate of drug-likeness (QED) is 0.524. The molecule has 1 aliphatic rings. The molecule has 1 saturated heterocycles. The fraction of sp³-hybridized carbons (Fsp3) is 0.833. The van der Waals surface area contributed by atoms with Crippen molar-refractivity contribution in [3.05, 3.63) is 0 Å². The van der Waals surface area contributed by atoms with Crippen LogP contribution in [-0.2, 0) is 14.3 Å². The zero-order valence-electron chi connectivity index (χ0n) is 10.6. The normalized spacial score (nSPS) is 23.4. The second-order valence-electron chi connectivity index (χ2n) is 4.40. The molecule has 0 saturated carbocycles. The van der Waals surface area contributed by atoms with Gasteiger partial charge in [-0.15, -0.1) is 0 Å². The van der Waals surface area contributed by atoms with Crippen LogP contribution in [0.2, 0.25) is 0 Å². The van der Waals surface area contributed by atoms with Gasteiger partial charge in [-0.3, -0.25) is 9.59 Å². The van der Waals surface area contributed by atoms with Gasteiger partial charge in [0, 0.05) is 13.0 Å². The number of carbonyl (C=O) groups excluding carboxylic acids is 2. The maximum atomic E-state index is 11.7. The molecule has 0 bridgehead atoms. The molecule has 0 spiro atoms. The molecular formula is C12H22N2O3. The average Bonchev–Trinajstić information content (AvgIpc) is 2.71. The molecule has 1 fully saturated rings. The van der Waals surface area contributed by atoms with Crippen molar-refractivity contribution < 1.29 is 14.3 Å². The number of rotatable bonds is 6. The van der Waals surface area contributed by atoms with Crippen molar-refractivity contribution in [3.8, 4) is 0 Å². The summed E-state index contributed by atoms with van der Waals surface area (Å²) in [5.74, 6) is 0.230. The van der Waals surface area contributed by atoms with Gasteiger partial charge in [0.1, 0.15) is 0 Å². The molecular weight excluding hydrogens is 220 g/mol. The first-order valence-corrected chi connectivity index (χ1v) is 6.32. The van der Waals surface area contributed by atoms with Gasteiger partial charge in [-0.2, -0.15) is 0 Å². The summed E-state index contributed by atoms with van der Waals surface area (Å²) in [5, 5.41) is 6.02. The first-order valence-electron chi connectivity index (χ1n) is 6.32. The van der Waals surface area contributed by atoms with Crippen LogP contribution >= 0.6 is 0 Å². The van der Waals surface area contributed by atoms with Crippen LogP contribution in [0, 0.1) is 5.92 Å². The zero-order chi connectivity index (χ0) is 12.7. The minimum Gasteiger partial charge on any atom is -0.466 e. The fourth-order valence-corrected chi connectivity index (χ4v) is 1.97. The van der Waals surface area contributed by atoms with E-state index >= 15 is 0 Å². The van der Waals surface area contributed by atoms with Crippen LogP contribution in [0.4, 0.5) is 0 Å². The molecule has 17 heavy (non-hydrogen) atoms. The number of amides is 1. The van der Waals surface area contributed by atoms with Crippen LogP contribution in [0.1, 0.15) is 33.1 Å². The smallest absolute Gasteiger partial charge is 0.305 e. The fourth-order valence-electron chi connectivity index (χ4n) is 1.97. The average molecular weight is 242 g/mol. The van der Waals surface area contributed by atoms with Crippen LogP contribution in [0.5, 0.6) is 0 Å². The Morgan fingerprint density at radius 2 is 2.24 bits per heavy atom. The van der Waals surface area contributed by atoms with Gasteiger partial charge >= 0.3 is 5.97 Å². The predicted octanol–water partition coefficient (Wildman–Crippen LogP) is 0.444. The minimum absolute atomic E-state index is 0.0406. The van der Waals surface area contributed by atoms with E-state index in [-0.39, 0.29) is 17.9 Å². The summed E-state index contributed by atoms with van der Waals surface area (Å²) < 4.78 is 4.80. The summed E-state index contributed by atoms with van der Waals surface area (Å²) in [6.07, 6.45) is 2.04. The molecule has 0 aromatic carbocycles. The SMILES string of the molecule is CCOC(=O)CCCNC(=O)C1NCCC1C. The van der Waals surface area contributed by atoms with Gasteiger partial charge in [0.25, 0.3) is 0 Å². The summed E-state index contributed by atoms with van der Waals surface area (Å²) >= 11 is 0. The van der Waals surface area contributed by atoms with E-state index in [4.69, 9.17) is 4.74 Å². The van der Waals surface area contributed by atoms with E-state index in [0.29, 0.717) is 31.9 Å². The molecule has 0 aromatic rings. The Balaban J connectivity index is 2.10. The van der Waals surface area contributed by atoms with Crippen LogP contribution in [0.15, 0.2) is 0 Å². The van der Waals surface area contributed by atoms with E-state index in [9.17, 15) is 9.59 Å². The van der Waals surface area contributed by atoms with Crippen molar-refractivity contribution in [2.24, 2.45) is 5.92 Å². The molecule has 5 nitrogen and oxygen atoms in total. The first-order chi connectivity index (χ1) is 8.15. The summed E-state index contributed by atoms with van der Waals surface area (Å²) in [7, 11) is 0. The number of hydrogen-bond donors (Lipinski definition) is 2. The third kappa shape index (κ3) is 4.73. The second-order valence-corrected chi connectivity index (χ2v) is 4.40. The summed E-state index contributed by atoms with van der Waals surface area (Å²) in [6, 6.07) is -0.0717. The van der Waals surface area contributed by atoms with Crippen molar-refractivity contribution in [1.82, 2.24) is 10.6 Å². The Morgan fingerprint density at radius 1 is 1.47 bits per heavy atom. The third-order valence-corrected chi connectivity index (χ3v) is 2.98. The van der Waals surface area contributed by atoms with Gasteiger partial charge in [-0.25, -0.2) is 0 Å². The maximum absolute atomic E-state index is 11.7. The van der Waals surface area contributed by atoms with Crippen LogP contribution in [0.3, 0.4) is 0 Å². The van der Waals surface area contributed by atoms with Crippen molar-refractivity contribution in [3.63, 3.8) is 0 Å². The topological polar surface area (TPSA) is 67.4 Å². The van der Waals surface area contributed by atoms with E-state index in [1.165, 1.54) is 0 Å². The van der Waals surface area contributed by atoms with E-state index < -0.39 is 0 Å². The molecule has 2 N–H and O–H groups in total. The maximum Gasteiger partial charge on any atom is 0.305 e. The highest BCUT2D eigenvalue weighted by molar-refractivity contribution is 5.82. The molecule has 0 aromatic heterocycles. The van der Waals surface area contributed by atoms with Crippen molar-refractivity contribution in [2.45, 2.75) is 39.2 Å². The van der Waals surface area contributed by atoms with Gasteiger partial charge in [-0.1, -0.05) is 6.92 Å². The highest BCUT2D eigenvalue weighted by Gasteiger charge is 2.28. The molecule has 0 aliphatic carbocycles. The van der Waals surface area contributed by atoms with Gasteiger partial charge in [0.15, 0.2) is 0 Å². The Bertz CT molecular complexity index is 268. The van der Waals surface area contributed by atoms with Crippen molar-refractivity contribution >= 4 is 11.9 Å². The number of hydrogen-bond acceptors (Lipinski definition) is 4. The van der Waals surface area contributed by atoms with Gasteiger partial charge in [-0.05, 0) is 32.2 Å². The molecule has 1 aliphatic heterocycles. The van der Waals surface area contributed by atoms with Gasteiger partial charge in [0.2, 0.25) is 5.91 Å². The van der Waals surface area contributed by atoms with Crippen molar-refractivity contribution in [1.29, 1.82) is 0 Å². The van der Waals surface area contributed by atoms with Crippen molar-refractivity contribution in [2.75, 3.05) is 19.7 Å². The Morgan fingerprint density at radius 3 is 2.82 bits per heavy atom. The molecule has 0 radical (unpaired) electrons. The zero-order valence-corrected chi connectivity index (χ0v) is 10.6. The predicted molar refractivity (Wildman–Crippen MR) is 64.4 cm³/mol. The molecule has 2 atom stereocenters. The molecule has 1 rings (SSSR count). The van der Waals surface area contributed by atoms with Crippen LogP contribution < -0.4 is 10.6 Å². The second kappa shape index (κ2) is 7.27. The first kappa shape index (κ1) is 14.0. The minimum atomic E-state index is -0.200.